The fraction of sp³-hybridized carbons (Fsp3) is 0.435. The van der Waals surface area contributed by atoms with E-state index in [-0.39, 0.29) is 11.8 Å². The van der Waals surface area contributed by atoms with Gasteiger partial charge < -0.3 is 14.1 Å². The molecule has 1 atom stereocenters. The van der Waals surface area contributed by atoms with Crippen LogP contribution in [0.25, 0.3) is 0 Å². The summed E-state index contributed by atoms with van der Waals surface area (Å²) >= 11 is 1.61. The van der Waals surface area contributed by atoms with Crippen LogP contribution in [0.1, 0.15) is 51.6 Å². The van der Waals surface area contributed by atoms with Crippen LogP contribution in [-0.2, 0) is 17.6 Å². The van der Waals surface area contributed by atoms with Crippen LogP contribution in [0.2, 0.25) is 0 Å². The standard InChI is InChI=1S/C23H27N3O3S/c1-15-21(30-16(2)25-15)12-22(27)26-10-6-8-18(14-26)23-24-13-19(29-23)11-17-7-4-5-9-20(17)28-3/h4-5,7,9,13,18H,6,8,10-12,14H2,1-3H3. The molecule has 2 aromatic heterocycles. The number of piperidine rings is 1. The van der Waals surface area contributed by atoms with Crippen LogP contribution in [0.15, 0.2) is 34.9 Å². The van der Waals surface area contributed by atoms with Gasteiger partial charge in [-0.25, -0.2) is 9.97 Å². The number of aromatic nitrogens is 2. The van der Waals surface area contributed by atoms with Crippen LogP contribution in [0.3, 0.4) is 0 Å². The molecule has 1 aliphatic heterocycles. The molecule has 1 amide bonds. The van der Waals surface area contributed by atoms with E-state index < -0.39 is 0 Å². The lowest BCUT2D eigenvalue weighted by molar-refractivity contribution is -0.131. The van der Waals surface area contributed by atoms with Crippen molar-refractivity contribution in [2.75, 3.05) is 20.2 Å². The number of amides is 1. The molecule has 0 bridgehead atoms. The number of hydrogen-bond acceptors (Lipinski definition) is 6. The maximum Gasteiger partial charge on any atom is 0.227 e. The third-order valence-electron chi connectivity index (χ3n) is 5.56. The Morgan fingerprint density at radius 3 is 2.93 bits per heavy atom. The van der Waals surface area contributed by atoms with Crippen molar-refractivity contribution in [1.82, 2.24) is 14.9 Å². The molecule has 3 heterocycles. The van der Waals surface area contributed by atoms with Gasteiger partial charge in [-0.2, -0.15) is 0 Å². The molecule has 1 aliphatic rings. The van der Waals surface area contributed by atoms with Gasteiger partial charge in [0.2, 0.25) is 5.91 Å². The Morgan fingerprint density at radius 2 is 2.17 bits per heavy atom. The molecule has 1 unspecified atom stereocenters. The first-order chi connectivity index (χ1) is 14.5. The Balaban J connectivity index is 1.41. The molecule has 3 aromatic rings. The van der Waals surface area contributed by atoms with Crippen molar-refractivity contribution in [3.63, 3.8) is 0 Å². The number of carbonyl (C=O) groups excluding carboxylic acids is 1. The molecule has 7 heteroatoms. The Labute approximate surface area is 180 Å². The zero-order valence-corrected chi connectivity index (χ0v) is 18.5. The minimum absolute atomic E-state index is 0.137. The lowest BCUT2D eigenvalue weighted by Gasteiger charge is -2.31. The molecule has 158 valence electrons. The van der Waals surface area contributed by atoms with Gasteiger partial charge in [0.25, 0.3) is 0 Å². The van der Waals surface area contributed by atoms with Gasteiger partial charge in [-0.15, -0.1) is 11.3 Å². The molecule has 0 aliphatic carbocycles. The fourth-order valence-corrected chi connectivity index (χ4v) is 4.95. The molecule has 30 heavy (non-hydrogen) atoms. The highest BCUT2D eigenvalue weighted by Crippen LogP contribution is 2.29. The van der Waals surface area contributed by atoms with Crippen molar-refractivity contribution < 1.29 is 13.9 Å². The highest BCUT2D eigenvalue weighted by atomic mass is 32.1. The van der Waals surface area contributed by atoms with Gasteiger partial charge in [-0.05, 0) is 32.8 Å². The quantitative estimate of drug-likeness (QED) is 0.589. The minimum Gasteiger partial charge on any atom is -0.496 e. The SMILES string of the molecule is COc1ccccc1Cc1cnc(C2CCCN(C(=O)Cc3sc(C)nc3C)C2)o1. The second kappa shape index (κ2) is 9.00. The van der Waals surface area contributed by atoms with Crippen LogP contribution >= 0.6 is 11.3 Å². The predicted molar refractivity (Wildman–Crippen MR) is 116 cm³/mol. The number of nitrogens with zero attached hydrogens (tertiary/aromatic N) is 3. The number of ether oxygens (including phenoxy) is 1. The lowest BCUT2D eigenvalue weighted by atomic mass is 9.97. The van der Waals surface area contributed by atoms with E-state index >= 15 is 0 Å². The molecule has 0 radical (unpaired) electrons. The third kappa shape index (κ3) is 4.56. The summed E-state index contributed by atoms with van der Waals surface area (Å²) in [5.74, 6) is 2.68. The zero-order valence-electron chi connectivity index (χ0n) is 17.7. The van der Waals surface area contributed by atoms with Crippen LogP contribution in [0.5, 0.6) is 5.75 Å². The Morgan fingerprint density at radius 1 is 1.33 bits per heavy atom. The summed E-state index contributed by atoms with van der Waals surface area (Å²) in [6, 6.07) is 7.93. The number of oxazole rings is 1. The van der Waals surface area contributed by atoms with Gasteiger partial charge in [0, 0.05) is 30.0 Å². The molecule has 1 fully saturated rings. The first-order valence-corrected chi connectivity index (χ1v) is 11.1. The van der Waals surface area contributed by atoms with E-state index in [4.69, 9.17) is 9.15 Å². The average Bonchev–Trinajstić information content (AvgIpc) is 3.34. The summed E-state index contributed by atoms with van der Waals surface area (Å²) in [5.41, 5.74) is 2.03. The maximum atomic E-state index is 12.9. The Bertz CT molecular complexity index is 1030. The summed E-state index contributed by atoms with van der Waals surface area (Å²) in [6.07, 6.45) is 4.80. The van der Waals surface area contributed by atoms with Crippen molar-refractivity contribution in [2.24, 2.45) is 0 Å². The minimum atomic E-state index is 0.137. The summed E-state index contributed by atoms with van der Waals surface area (Å²) in [7, 11) is 1.67. The first-order valence-electron chi connectivity index (χ1n) is 10.3. The predicted octanol–water partition coefficient (Wildman–Crippen LogP) is 4.30. The average molecular weight is 426 g/mol. The van der Waals surface area contributed by atoms with Crippen molar-refractivity contribution in [3.05, 3.63) is 63.3 Å². The van der Waals surface area contributed by atoms with E-state index in [9.17, 15) is 4.79 Å². The highest BCUT2D eigenvalue weighted by molar-refractivity contribution is 7.11. The maximum absolute atomic E-state index is 12.9. The molecular formula is C23H27N3O3S. The van der Waals surface area contributed by atoms with Gasteiger partial charge in [0.15, 0.2) is 5.89 Å². The van der Waals surface area contributed by atoms with E-state index in [1.54, 1.807) is 24.6 Å². The summed E-state index contributed by atoms with van der Waals surface area (Å²) in [6.45, 7) is 5.40. The monoisotopic (exact) mass is 425 g/mol. The van der Waals surface area contributed by atoms with Crippen molar-refractivity contribution in [2.45, 2.75) is 45.4 Å². The van der Waals surface area contributed by atoms with Gasteiger partial charge >= 0.3 is 0 Å². The zero-order chi connectivity index (χ0) is 21.1. The summed E-state index contributed by atoms with van der Waals surface area (Å²) in [4.78, 5) is 24.8. The van der Waals surface area contributed by atoms with Gasteiger partial charge in [0.1, 0.15) is 11.5 Å². The largest absolute Gasteiger partial charge is 0.496 e. The number of methoxy groups -OCH3 is 1. The number of aryl methyl sites for hydroxylation is 2. The fourth-order valence-electron chi connectivity index (χ4n) is 4.02. The second-order valence-electron chi connectivity index (χ2n) is 7.75. The summed E-state index contributed by atoms with van der Waals surface area (Å²) < 4.78 is 11.5. The van der Waals surface area contributed by atoms with E-state index in [2.05, 4.69) is 9.97 Å². The molecule has 4 rings (SSSR count). The molecule has 0 saturated carbocycles. The Kier molecular flexibility index (Phi) is 6.18. The van der Waals surface area contributed by atoms with Crippen LogP contribution in [0.4, 0.5) is 0 Å². The molecule has 6 nitrogen and oxygen atoms in total. The van der Waals surface area contributed by atoms with Crippen LogP contribution < -0.4 is 4.74 Å². The lowest BCUT2D eigenvalue weighted by Crippen LogP contribution is -2.40. The van der Waals surface area contributed by atoms with Crippen LogP contribution in [-0.4, -0.2) is 41.0 Å². The number of likely N-dealkylation sites (tertiary alicyclic amines) is 1. The highest BCUT2D eigenvalue weighted by Gasteiger charge is 2.28. The number of benzene rings is 1. The van der Waals surface area contributed by atoms with E-state index in [1.165, 1.54) is 0 Å². The van der Waals surface area contributed by atoms with Gasteiger partial charge in [-0.3, -0.25) is 4.79 Å². The molecule has 0 spiro atoms. The van der Waals surface area contributed by atoms with Gasteiger partial charge in [0.05, 0.1) is 36.3 Å². The molecule has 1 saturated heterocycles. The molecular weight excluding hydrogens is 398 g/mol. The second-order valence-corrected chi connectivity index (χ2v) is 9.04. The van der Waals surface area contributed by atoms with Crippen molar-refractivity contribution >= 4 is 17.2 Å². The summed E-state index contributed by atoms with van der Waals surface area (Å²) in [5, 5.41) is 1.01. The van der Waals surface area contributed by atoms with E-state index in [1.807, 2.05) is 43.0 Å². The van der Waals surface area contributed by atoms with E-state index in [0.29, 0.717) is 19.4 Å². The Hall–Kier alpha value is -2.67. The van der Waals surface area contributed by atoms with E-state index in [0.717, 1.165) is 57.9 Å². The smallest absolute Gasteiger partial charge is 0.227 e. The topological polar surface area (TPSA) is 68.5 Å². The number of carbonyl (C=O) groups is 1. The number of rotatable bonds is 6. The molecule has 1 aromatic carbocycles. The van der Waals surface area contributed by atoms with Crippen LogP contribution in [0, 0.1) is 13.8 Å². The third-order valence-corrected chi connectivity index (χ3v) is 6.64. The van der Waals surface area contributed by atoms with Gasteiger partial charge in [-0.1, -0.05) is 18.2 Å². The first kappa shape index (κ1) is 20.6. The number of hydrogen-bond donors (Lipinski definition) is 0. The normalized spacial score (nSPS) is 16.6. The number of thiazole rings is 1. The number of para-hydroxylation sites is 1. The van der Waals surface area contributed by atoms with Crippen molar-refractivity contribution in [1.29, 1.82) is 0 Å². The van der Waals surface area contributed by atoms with Crippen molar-refractivity contribution in [3.8, 4) is 5.75 Å². The molecule has 0 N–H and O–H groups in total.